The van der Waals surface area contributed by atoms with Crippen molar-refractivity contribution in [3.05, 3.63) is 47.0 Å². The van der Waals surface area contributed by atoms with E-state index in [9.17, 15) is 0 Å². The topological polar surface area (TPSA) is 42.1 Å². The van der Waals surface area contributed by atoms with E-state index in [1.165, 1.54) is 29.7 Å². The summed E-state index contributed by atoms with van der Waals surface area (Å²) in [6, 6.07) is 11.0. The summed E-state index contributed by atoms with van der Waals surface area (Å²) in [6.45, 7) is 2.33. The van der Waals surface area contributed by atoms with Crippen molar-refractivity contribution in [1.29, 1.82) is 0 Å². The van der Waals surface area contributed by atoms with Gasteiger partial charge >= 0.3 is 0 Å². The number of aromatic nitrogens is 1. The van der Waals surface area contributed by atoms with E-state index in [0.29, 0.717) is 11.2 Å². The van der Waals surface area contributed by atoms with E-state index in [2.05, 4.69) is 40.2 Å². The molecule has 2 aromatic rings. The van der Waals surface area contributed by atoms with Crippen molar-refractivity contribution in [2.75, 3.05) is 18.8 Å². The average molecular weight is 273 g/mol. The quantitative estimate of drug-likeness (QED) is 0.933. The predicted molar refractivity (Wildman–Crippen MR) is 80.2 cm³/mol. The summed E-state index contributed by atoms with van der Waals surface area (Å²) in [5.41, 5.74) is 7.15. The van der Waals surface area contributed by atoms with Gasteiger partial charge < -0.3 is 5.73 Å². The van der Waals surface area contributed by atoms with Gasteiger partial charge in [0.15, 0.2) is 5.13 Å². The Bertz CT molecular complexity index is 517. The molecule has 2 N–H and O–H groups in total. The monoisotopic (exact) mass is 273 g/mol. The van der Waals surface area contributed by atoms with Crippen LogP contribution in [0.5, 0.6) is 0 Å². The maximum atomic E-state index is 5.81. The van der Waals surface area contributed by atoms with Gasteiger partial charge in [-0.25, -0.2) is 4.98 Å². The van der Waals surface area contributed by atoms with Crippen molar-refractivity contribution < 1.29 is 0 Å². The number of anilines is 1. The lowest BCUT2D eigenvalue weighted by molar-refractivity contribution is 0.189. The zero-order valence-corrected chi connectivity index (χ0v) is 11.8. The Morgan fingerprint density at radius 3 is 2.47 bits per heavy atom. The molecule has 3 rings (SSSR count). The number of benzene rings is 1. The van der Waals surface area contributed by atoms with Crippen LogP contribution in [0.4, 0.5) is 5.13 Å². The molecule has 0 radical (unpaired) electrons. The average Bonchev–Trinajstić information content (AvgIpc) is 2.88. The first-order valence-electron chi connectivity index (χ1n) is 6.85. The maximum Gasteiger partial charge on any atom is 0.180 e. The highest BCUT2D eigenvalue weighted by Crippen LogP contribution is 2.34. The summed E-state index contributed by atoms with van der Waals surface area (Å²) in [6.07, 6.45) is 5.87. The van der Waals surface area contributed by atoms with Crippen LogP contribution < -0.4 is 5.73 Å². The van der Waals surface area contributed by atoms with Crippen molar-refractivity contribution >= 4 is 16.5 Å². The van der Waals surface area contributed by atoms with E-state index in [4.69, 9.17) is 5.73 Å². The van der Waals surface area contributed by atoms with Crippen LogP contribution in [0, 0.1) is 0 Å². The van der Waals surface area contributed by atoms with E-state index in [-0.39, 0.29) is 0 Å². The second-order valence-electron chi connectivity index (χ2n) is 5.01. The molecule has 1 aromatic carbocycles. The first-order valence-corrected chi connectivity index (χ1v) is 7.66. The molecular weight excluding hydrogens is 254 g/mol. The lowest BCUT2D eigenvalue weighted by Crippen LogP contribution is -2.34. The van der Waals surface area contributed by atoms with Crippen molar-refractivity contribution in [2.24, 2.45) is 0 Å². The highest BCUT2D eigenvalue weighted by Gasteiger charge is 2.25. The van der Waals surface area contributed by atoms with Crippen molar-refractivity contribution in [3.8, 4) is 0 Å². The van der Waals surface area contributed by atoms with Crippen LogP contribution >= 0.6 is 11.3 Å². The number of piperidine rings is 1. The fraction of sp³-hybridized carbons (Fsp3) is 0.400. The van der Waals surface area contributed by atoms with Crippen molar-refractivity contribution in [3.63, 3.8) is 0 Å². The SMILES string of the molecule is Nc1ncc(C(c2ccccc2)N2CCCCC2)s1. The van der Waals surface area contributed by atoms with Crippen LogP contribution in [0.3, 0.4) is 0 Å². The Kier molecular flexibility index (Phi) is 3.80. The molecule has 4 heteroatoms. The lowest BCUT2D eigenvalue weighted by atomic mass is 10.0. The van der Waals surface area contributed by atoms with Crippen LogP contribution in [0.1, 0.15) is 35.7 Å². The van der Waals surface area contributed by atoms with Gasteiger partial charge in [-0.2, -0.15) is 0 Å². The number of nitrogens with zero attached hydrogens (tertiary/aromatic N) is 2. The highest BCUT2D eigenvalue weighted by molar-refractivity contribution is 7.15. The van der Waals surface area contributed by atoms with Gasteiger partial charge in [0.25, 0.3) is 0 Å². The molecule has 3 nitrogen and oxygen atoms in total. The number of rotatable bonds is 3. The molecular formula is C15H19N3S. The number of thiazole rings is 1. The van der Waals surface area contributed by atoms with Gasteiger partial charge in [-0.05, 0) is 31.5 Å². The summed E-state index contributed by atoms with van der Waals surface area (Å²) >= 11 is 1.61. The molecule has 1 aliphatic rings. The van der Waals surface area contributed by atoms with Gasteiger partial charge in [-0.15, -0.1) is 11.3 Å². The Morgan fingerprint density at radius 1 is 1.11 bits per heavy atom. The second kappa shape index (κ2) is 5.72. The first kappa shape index (κ1) is 12.6. The fourth-order valence-corrected chi connectivity index (χ4v) is 3.64. The second-order valence-corrected chi connectivity index (χ2v) is 6.10. The summed E-state index contributed by atoms with van der Waals surface area (Å²) in [4.78, 5) is 8.04. The van der Waals surface area contributed by atoms with Crippen molar-refractivity contribution in [1.82, 2.24) is 9.88 Å². The molecule has 0 amide bonds. The molecule has 1 aliphatic heterocycles. The Morgan fingerprint density at radius 2 is 1.84 bits per heavy atom. The minimum atomic E-state index is 0.316. The zero-order chi connectivity index (χ0) is 13.1. The number of nitrogen functional groups attached to an aromatic ring is 1. The zero-order valence-electron chi connectivity index (χ0n) is 11.0. The number of hydrogen-bond acceptors (Lipinski definition) is 4. The standard InChI is InChI=1S/C15H19N3S/c16-15-17-11-13(19-15)14(12-7-3-1-4-8-12)18-9-5-2-6-10-18/h1,3-4,7-8,11,14H,2,5-6,9-10H2,(H2,16,17). The Labute approximate surface area is 118 Å². The largest absolute Gasteiger partial charge is 0.375 e. The third-order valence-electron chi connectivity index (χ3n) is 3.68. The van der Waals surface area contributed by atoms with Crippen LogP contribution in [-0.2, 0) is 0 Å². The van der Waals surface area contributed by atoms with Crippen LogP contribution in [0.2, 0.25) is 0 Å². The summed E-state index contributed by atoms with van der Waals surface area (Å²) < 4.78 is 0. The number of hydrogen-bond donors (Lipinski definition) is 1. The lowest BCUT2D eigenvalue weighted by Gasteiger charge is -2.34. The molecule has 0 aliphatic carbocycles. The van der Waals surface area contributed by atoms with Gasteiger partial charge in [-0.1, -0.05) is 36.8 Å². The minimum absolute atomic E-state index is 0.316. The van der Waals surface area contributed by atoms with Gasteiger partial charge in [0.2, 0.25) is 0 Å². The van der Waals surface area contributed by atoms with Crippen molar-refractivity contribution in [2.45, 2.75) is 25.3 Å². The van der Waals surface area contributed by atoms with Crippen LogP contribution in [0.15, 0.2) is 36.5 Å². The molecule has 2 heterocycles. The smallest absolute Gasteiger partial charge is 0.180 e. The van der Waals surface area contributed by atoms with Gasteiger partial charge in [0.1, 0.15) is 0 Å². The summed E-state index contributed by atoms with van der Waals surface area (Å²) in [5, 5.41) is 0.660. The Balaban J connectivity index is 1.95. The van der Waals surface area contributed by atoms with E-state index >= 15 is 0 Å². The molecule has 0 spiro atoms. The highest BCUT2D eigenvalue weighted by atomic mass is 32.1. The van der Waals surface area contributed by atoms with E-state index in [1.807, 2.05) is 6.20 Å². The molecule has 100 valence electrons. The van der Waals surface area contributed by atoms with Gasteiger partial charge in [0, 0.05) is 11.1 Å². The van der Waals surface area contributed by atoms with E-state index in [0.717, 1.165) is 13.1 Å². The third-order valence-corrected chi connectivity index (χ3v) is 4.56. The van der Waals surface area contributed by atoms with Gasteiger partial charge in [0.05, 0.1) is 6.04 Å². The summed E-state index contributed by atoms with van der Waals surface area (Å²) in [7, 11) is 0. The van der Waals surface area contributed by atoms with Crippen LogP contribution in [0.25, 0.3) is 0 Å². The first-order chi connectivity index (χ1) is 9.34. The maximum absolute atomic E-state index is 5.81. The molecule has 1 fully saturated rings. The predicted octanol–water partition coefficient (Wildman–Crippen LogP) is 3.30. The molecule has 1 atom stereocenters. The normalized spacial score (nSPS) is 18.3. The van der Waals surface area contributed by atoms with E-state index in [1.54, 1.807) is 11.3 Å². The molecule has 1 unspecified atom stereocenters. The molecule has 0 saturated carbocycles. The molecule has 0 bridgehead atoms. The van der Waals surface area contributed by atoms with Crippen LogP contribution in [-0.4, -0.2) is 23.0 Å². The van der Waals surface area contributed by atoms with Gasteiger partial charge in [-0.3, -0.25) is 4.90 Å². The third kappa shape index (κ3) is 2.80. The molecule has 1 aromatic heterocycles. The number of nitrogens with two attached hydrogens (primary N) is 1. The fourth-order valence-electron chi connectivity index (χ4n) is 2.79. The summed E-state index contributed by atoms with van der Waals surface area (Å²) in [5.74, 6) is 0. The molecule has 1 saturated heterocycles. The number of likely N-dealkylation sites (tertiary alicyclic amines) is 1. The Hall–Kier alpha value is -1.39. The minimum Gasteiger partial charge on any atom is -0.375 e. The van der Waals surface area contributed by atoms with E-state index < -0.39 is 0 Å². The molecule has 19 heavy (non-hydrogen) atoms.